The lowest BCUT2D eigenvalue weighted by molar-refractivity contribution is 0.499. The van der Waals surface area contributed by atoms with Crippen LogP contribution in [-0.2, 0) is 12.8 Å². The van der Waals surface area contributed by atoms with Crippen molar-refractivity contribution >= 4 is 34.8 Å². The molecule has 0 saturated heterocycles. The normalized spacial score (nSPS) is 12.6. The fourth-order valence-electron chi connectivity index (χ4n) is 1.78. The largest absolute Gasteiger partial charge is 0.469 e. The van der Waals surface area contributed by atoms with E-state index in [1.807, 2.05) is 24.3 Å². The summed E-state index contributed by atoms with van der Waals surface area (Å²) in [6.07, 6.45) is 4.18. The van der Waals surface area contributed by atoms with Crippen molar-refractivity contribution in [2.45, 2.75) is 24.6 Å². The van der Waals surface area contributed by atoms with E-state index in [9.17, 15) is 0 Å². The predicted octanol–water partition coefficient (Wildman–Crippen LogP) is 5.37. The summed E-state index contributed by atoms with van der Waals surface area (Å²) < 4.78 is 5.27. The fourth-order valence-corrected chi connectivity index (χ4v) is 2.39. The maximum Gasteiger partial charge on any atom is 0.103 e. The van der Waals surface area contributed by atoms with Gasteiger partial charge in [-0.15, -0.1) is 11.6 Å². The highest BCUT2D eigenvalue weighted by Crippen LogP contribution is 2.24. The van der Waals surface area contributed by atoms with Gasteiger partial charge in [0, 0.05) is 11.8 Å². The summed E-state index contributed by atoms with van der Waals surface area (Å²) in [5, 5.41) is 1.21. The van der Waals surface area contributed by atoms with Gasteiger partial charge in [0.25, 0.3) is 0 Å². The Morgan fingerprint density at radius 2 is 1.94 bits per heavy atom. The minimum Gasteiger partial charge on any atom is -0.469 e. The summed E-state index contributed by atoms with van der Waals surface area (Å²) in [4.78, 5) is 0. The van der Waals surface area contributed by atoms with Gasteiger partial charge in [-0.2, -0.15) is 0 Å². The Hall–Kier alpha value is -0.630. The SMILES string of the molecule is Clc1ccc(CC(Cl)CCc2ccco2)cc1Cl. The van der Waals surface area contributed by atoms with Gasteiger partial charge in [-0.3, -0.25) is 0 Å². The number of hydrogen-bond donors (Lipinski definition) is 0. The second-order valence-corrected chi connectivity index (χ2v) is 5.60. The van der Waals surface area contributed by atoms with Gasteiger partial charge >= 0.3 is 0 Å². The van der Waals surface area contributed by atoms with Crippen LogP contribution in [0.1, 0.15) is 17.7 Å². The first-order chi connectivity index (χ1) is 8.65. The van der Waals surface area contributed by atoms with Crippen LogP contribution >= 0.6 is 34.8 Å². The van der Waals surface area contributed by atoms with Crippen LogP contribution in [0, 0.1) is 0 Å². The third-order valence-electron chi connectivity index (χ3n) is 2.73. The molecule has 4 heteroatoms. The van der Waals surface area contributed by atoms with Gasteiger partial charge in [0.2, 0.25) is 0 Å². The number of alkyl halides is 1. The molecule has 1 heterocycles. The highest BCUT2D eigenvalue weighted by Gasteiger charge is 2.09. The smallest absolute Gasteiger partial charge is 0.103 e. The van der Waals surface area contributed by atoms with Crippen molar-refractivity contribution < 1.29 is 4.42 Å². The number of hydrogen-bond acceptors (Lipinski definition) is 1. The van der Waals surface area contributed by atoms with Crippen molar-refractivity contribution in [3.63, 3.8) is 0 Å². The predicted molar refractivity (Wildman–Crippen MR) is 76.8 cm³/mol. The van der Waals surface area contributed by atoms with E-state index >= 15 is 0 Å². The van der Waals surface area contributed by atoms with Crippen LogP contribution < -0.4 is 0 Å². The van der Waals surface area contributed by atoms with Crippen LogP contribution in [0.2, 0.25) is 10.0 Å². The molecule has 18 heavy (non-hydrogen) atoms. The van der Waals surface area contributed by atoms with Crippen molar-refractivity contribution in [2.75, 3.05) is 0 Å². The number of aryl methyl sites for hydroxylation is 1. The Bertz CT molecular complexity index is 494. The molecule has 0 amide bonds. The summed E-state index contributed by atoms with van der Waals surface area (Å²) in [5.74, 6) is 0.967. The van der Waals surface area contributed by atoms with Gasteiger partial charge in [0.1, 0.15) is 5.76 Å². The van der Waals surface area contributed by atoms with Crippen LogP contribution in [0.3, 0.4) is 0 Å². The molecule has 96 valence electrons. The highest BCUT2D eigenvalue weighted by atomic mass is 35.5. The maximum atomic E-state index is 6.31. The van der Waals surface area contributed by atoms with Gasteiger partial charge < -0.3 is 4.42 Å². The topological polar surface area (TPSA) is 13.1 Å². The first kappa shape index (κ1) is 13.8. The lowest BCUT2D eigenvalue weighted by Crippen LogP contribution is -2.04. The Kier molecular flexibility index (Phi) is 4.99. The molecule has 0 fully saturated rings. The molecule has 0 saturated carbocycles. The Morgan fingerprint density at radius 3 is 2.61 bits per heavy atom. The van der Waals surface area contributed by atoms with E-state index in [2.05, 4.69) is 0 Å². The van der Waals surface area contributed by atoms with E-state index in [-0.39, 0.29) is 5.38 Å². The average molecular weight is 304 g/mol. The number of benzene rings is 1. The monoisotopic (exact) mass is 302 g/mol. The van der Waals surface area contributed by atoms with E-state index in [1.165, 1.54) is 0 Å². The zero-order valence-corrected chi connectivity index (χ0v) is 12.0. The summed E-state index contributed by atoms with van der Waals surface area (Å²) in [6, 6.07) is 9.47. The van der Waals surface area contributed by atoms with E-state index in [0.29, 0.717) is 10.0 Å². The Labute approximate surface area is 122 Å². The van der Waals surface area contributed by atoms with Crippen molar-refractivity contribution in [1.82, 2.24) is 0 Å². The molecular weight excluding hydrogens is 291 g/mol. The lowest BCUT2D eigenvalue weighted by Gasteiger charge is -2.09. The van der Waals surface area contributed by atoms with Gasteiger partial charge in [-0.05, 0) is 42.7 Å². The standard InChI is InChI=1S/C14H13Cl3O/c15-11(4-5-12-2-1-7-18-12)8-10-3-6-13(16)14(17)9-10/h1-3,6-7,9,11H,4-5,8H2. The van der Waals surface area contributed by atoms with Crippen LogP contribution in [0.5, 0.6) is 0 Å². The van der Waals surface area contributed by atoms with Gasteiger partial charge in [-0.1, -0.05) is 29.3 Å². The summed E-state index contributed by atoms with van der Waals surface area (Å²) in [6.45, 7) is 0. The van der Waals surface area contributed by atoms with Crippen LogP contribution in [0.25, 0.3) is 0 Å². The molecule has 0 bridgehead atoms. The first-order valence-electron chi connectivity index (χ1n) is 5.75. The van der Waals surface area contributed by atoms with E-state index in [1.54, 1.807) is 12.3 Å². The molecule has 1 aromatic carbocycles. The van der Waals surface area contributed by atoms with Crippen molar-refractivity contribution in [3.05, 3.63) is 58.0 Å². The summed E-state index contributed by atoms with van der Waals surface area (Å²) in [5.41, 5.74) is 1.10. The molecular formula is C14H13Cl3O. The minimum absolute atomic E-state index is 0.0624. The quantitative estimate of drug-likeness (QED) is 0.677. The van der Waals surface area contributed by atoms with Gasteiger partial charge in [-0.25, -0.2) is 0 Å². The third kappa shape index (κ3) is 3.94. The maximum absolute atomic E-state index is 6.31. The Balaban J connectivity index is 1.86. The lowest BCUT2D eigenvalue weighted by atomic mass is 10.1. The molecule has 0 aliphatic carbocycles. The molecule has 0 spiro atoms. The van der Waals surface area contributed by atoms with Crippen molar-refractivity contribution in [2.24, 2.45) is 0 Å². The molecule has 2 rings (SSSR count). The second-order valence-electron chi connectivity index (χ2n) is 4.17. The first-order valence-corrected chi connectivity index (χ1v) is 6.95. The molecule has 1 aromatic heterocycles. The highest BCUT2D eigenvalue weighted by molar-refractivity contribution is 6.42. The third-order valence-corrected chi connectivity index (χ3v) is 3.84. The molecule has 0 aliphatic heterocycles. The van der Waals surface area contributed by atoms with Crippen LogP contribution in [-0.4, -0.2) is 5.38 Å². The second kappa shape index (κ2) is 6.51. The zero-order chi connectivity index (χ0) is 13.0. The van der Waals surface area contributed by atoms with E-state index in [4.69, 9.17) is 39.2 Å². The van der Waals surface area contributed by atoms with Gasteiger partial charge in [0.15, 0.2) is 0 Å². The van der Waals surface area contributed by atoms with Crippen LogP contribution in [0.15, 0.2) is 41.0 Å². The number of furan rings is 1. The molecule has 0 aliphatic rings. The number of halogens is 3. The molecule has 0 radical (unpaired) electrons. The summed E-state index contributed by atoms with van der Waals surface area (Å²) in [7, 11) is 0. The van der Waals surface area contributed by atoms with Crippen LogP contribution in [0.4, 0.5) is 0 Å². The summed E-state index contributed by atoms with van der Waals surface area (Å²) >= 11 is 18.1. The molecule has 1 atom stereocenters. The van der Waals surface area contributed by atoms with Gasteiger partial charge in [0.05, 0.1) is 16.3 Å². The average Bonchev–Trinajstić information content (AvgIpc) is 2.84. The molecule has 1 unspecified atom stereocenters. The minimum atomic E-state index is 0.0624. The van der Waals surface area contributed by atoms with E-state index < -0.39 is 0 Å². The number of rotatable bonds is 5. The Morgan fingerprint density at radius 1 is 1.11 bits per heavy atom. The van der Waals surface area contributed by atoms with Crippen molar-refractivity contribution in [3.8, 4) is 0 Å². The molecule has 2 aromatic rings. The molecule has 0 N–H and O–H groups in total. The zero-order valence-electron chi connectivity index (χ0n) is 9.70. The van der Waals surface area contributed by atoms with Crippen molar-refractivity contribution in [1.29, 1.82) is 0 Å². The van der Waals surface area contributed by atoms with E-state index in [0.717, 1.165) is 30.6 Å². The molecule has 1 nitrogen and oxygen atoms in total. The fraction of sp³-hybridized carbons (Fsp3) is 0.286.